The number of carbonyl (C=O) groups excluding carboxylic acids is 2. The Balaban J connectivity index is 1.43. The van der Waals surface area contributed by atoms with Gasteiger partial charge in [0.05, 0.1) is 17.6 Å². The number of nitrogens with one attached hydrogen (secondary N) is 1. The Morgan fingerprint density at radius 3 is 2.36 bits per heavy atom. The van der Waals surface area contributed by atoms with Gasteiger partial charge in [-0.1, -0.05) is 24.8 Å². The molecule has 2 aromatic heterocycles. The maximum absolute atomic E-state index is 13.5. The van der Waals surface area contributed by atoms with Crippen LogP contribution in [0.15, 0.2) is 65.4 Å². The summed E-state index contributed by atoms with van der Waals surface area (Å²) in [7, 11) is 0. The third-order valence-electron chi connectivity index (χ3n) is 5.25. The number of aromatic nitrogens is 2. The van der Waals surface area contributed by atoms with E-state index in [0.717, 1.165) is 0 Å². The molecule has 12 heteroatoms. The third kappa shape index (κ3) is 5.65. The Labute approximate surface area is 204 Å². The highest BCUT2D eigenvalue weighted by molar-refractivity contribution is 6.04. The summed E-state index contributed by atoms with van der Waals surface area (Å²) in [5.41, 5.74) is -0.380. The summed E-state index contributed by atoms with van der Waals surface area (Å²) >= 11 is 0. The van der Waals surface area contributed by atoms with Crippen molar-refractivity contribution in [2.45, 2.75) is 13.1 Å². The number of allylic oxidation sites excluding steroid dienone is 1. The van der Waals surface area contributed by atoms with Gasteiger partial charge in [0, 0.05) is 31.7 Å². The van der Waals surface area contributed by atoms with Crippen LogP contribution in [0.5, 0.6) is 0 Å². The molecule has 3 heterocycles. The van der Waals surface area contributed by atoms with Crippen LogP contribution in [0.4, 0.5) is 29.5 Å². The first-order chi connectivity index (χ1) is 17.1. The van der Waals surface area contributed by atoms with Gasteiger partial charge in [-0.15, -0.1) is 0 Å². The van der Waals surface area contributed by atoms with Gasteiger partial charge in [-0.3, -0.25) is 4.79 Å². The molecule has 36 heavy (non-hydrogen) atoms. The van der Waals surface area contributed by atoms with E-state index in [2.05, 4.69) is 21.9 Å². The zero-order valence-corrected chi connectivity index (χ0v) is 19.2. The van der Waals surface area contributed by atoms with Crippen LogP contribution >= 0.6 is 0 Å². The number of ether oxygens (including phenoxy) is 1. The summed E-state index contributed by atoms with van der Waals surface area (Å²) in [5, 5.41) is 2.39. The van der Waals surface area contributed by atoms with Gasteiger partial charge in [-0.25, -0.2) is 14.8 Å². The maximum atomic E-state index is 13.5. The molecule has 1 aliphatic heterocycles. The highest BCUT2D eigenvalue weighted by Crippen LogP contribution is 2.35. The number of benzene rings is 1. The zero-order chi connectivity index (χ0) is 25.9. The van der Waals surface area contributed by atoms with Crippen molar-refractivity contribution >= 4 is 23.5 Å². The number of nitrogens with zero attached hydrogens (tertiary/aromatic N) is 4. The van der Waals surface area contributed by atoms with Gasteiger partial charge in [0.25, 0.3) is 5.91 Å². The Morgan fingerprint density at radius 1 is 1.08 bits per heavy atom. The second kappa shape index (κ2) is 10.1. The van der Waals surface area contributed by atoms with Crippen molar-refractivity contribution in [2.24, 2.45) is 0 Å². The molecule has 0 aliphatic carbocycles. The normalized spacial score (nSPS) is 13.9. The van der Waals surface area contributed by atoms with Crippen LogP contribution in [0.3, 0.4) is 0 Å². The third-order valence-corrected chi connectivity index (χ3v) is 5.25. The molecular weight excluding hydrogens is 479 g/mol. The number of oxazole rings is 1. The van der Waals surface area contributed by atoms with Gasteiger partial charge in [-0.05, 0) is 31.2 Å². The number of hydrogen-bond acceptors (Lipinski definition) is 7. The Morgan fingerprint density at radius 2 is 1.78 bits per heavy atom. The molecule has 1 fully saturated rings. The smallest absolute Gasteiger partial charge is 0.431 e. The first kappa shape index (κ1) is 24.8. The Kier molecular flexibility index (Phi) is 6.95. The lowest BCUT2D eigenvalue weighted by molar-refractivity contribution is -0.153. The molecule has 3 aromatic rings. The number of rotatable bonds is 5. The quantitative estimate of drug-likeness (QED) is 0.501. The van der Waals surface area contributed by atoms with E-state index < -0.39 is 29.6 Å². The van der Waals surface area contributed by atoms with Crippen molar-refractivity contribution < 1.29 is 31.9 Å². The van der Waals surface area contributed by atoms with Crippen molar-refractivity contribution in [2.75, 3.05) is 36.4 Å². The number of carbonyl (C=O) groups is 2. The van der Waals surface area contributed by atoms with Crippen LogP contribution in [0.2, 0.25) is 0 Å². The second-order valence-corrected chi connectivity index (χ2v) is 7.96. The molecule has 1 N–H and O–H groups in total. The van der Waals surface area contributed by atoms with Crippen molar-refractivity contribution in [1.29, 1.82) is 0 Å². The van der Waals surface area contributed by atoms with E-state index in [9.17, 15) is 22.8 Å². The number of alkyl halides is 3. The lowest BCUT2D eigenvalue weighted by atomic mass is 10.2. The number of pyridine rings is 1. The highest BCUT2D eigenvalue weighted by Gasteiger charge is 2.42. The van der Waals surface area contributed by atoms with Gasteiger partial charge >= 0.3 is 12.3 Å². The lowest BCUT2D eigenvalue weighted by Gasteiger charge is -2.34. The minimum atomic E-state index is -4.91. The molecule has 0 unspecified atom stereocenters. The van der Waals surface area contributed by atoms with Crippen LogP contribution in [0, 0.1) is 0 Å². The summed E-state index contributed by atoms with van der Waals surface area (Å²) in [4.78, 5) is 36.2. The number of anilines is 2. The van der Waals surface area contributed by atoms with Crippen molar-refractivity contribution in [3.63, 3.8) is 0 Å². The number of hydrogen-bond donors (Lipinski definition) is 1. The monoisotopic (exact) mass is 501 g/mol. The van der Waals surface area contributed by atoms with Crippen LogP contribution in [-0.2, 0) is 10.9 Å². The molecule has 0 atom stereocenters. The van der Waals surface area contributed by atoms with E-state index in [0.29, 0.717) is 43.3 Å². The molecule has 4 rings (SSSR count). The standard InChI is InChI=1S/C24H22F3N5O4/c1-15(2)35-23(34)32-12-10-31(11-13-32)18-9-8-17(14-28-18)29-21(33)19-20(24(25,26)27)36-22(30-19)16-6-4-3-5-7-16/h3-9,14H,1,10-13H2,2H3,(H,29,33). The molecule has 1 aliphatic rings. The molecule has 0 bridgehead atoms. The molecule has 188 valence electrons. The minimum absolute atomic E-state index is 0.185. The first-order valence-corrected chi connectivity index (χ1v) is 10.9. The molecular formula is C24H22F3N5O4. The number of amides is 2. The summed E-state index contributed by atoms with van der Waals surface area (Å²) in [5.74, 6) is -1.97. The van der Waals surface area contributed by atoms with E-state index in [1.807, 2.05) is 4.90 Å². The minimum Gasteiger partial charge on any atom is -0.431 e. The Hall–Kier alpha value is -4.35. The predicted octanol–water partition coefficient (Wildman–Crippen LogP) is 4.80. The fraction of sp³-hybridized carbons (Fsp3) is 0.250. The van der Waals surface area contributed by atoms with Gasteiger partial charge in [0.2, 0.25) is 11.7 Å². The van der Waals surface area contributed by atoms with E-state index in [1.54, 1.807) is 36.1 Å². The molecule has 2 amide bonds. The van der Waals surface area contributed by atoms with Crippen LogP contribution in [-0.4, -0.2) is 53.0 Å². The van der Waals surface area contributed by atoms with Gasteiger partial charge in [0.1, 0.15) is 5.82 Å². The average Bonchev–Trinajstić information content (AvgIpc) is 3.31. The van der Waals surface area contributed by atoms with Crippen molar-refractivity contribution in [3.05, 3.63) is 72.5 Å². The molecule has 0 radical (unpaired) electrons. The van der Waals surface area contributed by atoms with Gasteiger partial charge < -0.3 is 24.3 Å². The zero-order valence-electron chi connectivity index (χ0n) is 19.2. The average molecular weight is 501 g/mol. The highest BCUT2D eigenvalue weighted by atomic mass is 19.4. The number of halogens is 3. The topological polar surface area (TPSA) is 101 Å². The molecule has 0 spiro atoms. The van der Waals surface area contributed by atoms with E-state index in [4.69, 9.17) is 9.15 Å². The summed E-state index contributed by atoms with van der Waals surface area (Å²) < 4.78 is 50.4. The first-order valence-electron chi connectivity index (χ1n) is 10.9. The van der Waals surface area contributed by atoms with Crippen LogP contribution in [0.1, 0.15) is 23.2 Å². The molecule has 0 saturated carbocycles. The predicted molar refractivity (Wildman–Crippen MR) is 124 cm³/mol. The van der Waals surface area contributed by atoms with E-state index >= 15 is 0 Å². The van der Waals surface area contributed by atoms with Crippen LogP contribution < -0.4 is 10.2 Å². The lowest BCUT2D eigenvalue weighted by Crippen LogP contribution is -2.49. The second-order valence-electron chi connectivity index (χ2n) is 7.96. The largest absolute Gasteiger partial charge is 0.452 e. The summed E-state index contributed by atoms with van der Waals surface area (Å²) in [6.07, 6.45) is -4.04. The number of piperazine rings is 1. The molecule has 1 saturated heterocycles. The van der Waals surface area contributed by atoms with Crippen molar-refractivity contribution in [3.8, 4) is 11.5 Å². The van der Waals surface area contributed by atoms with E-state index in [-0.39, 0.29) is 11.6 Å². The molecule has 9 nitrogen and oxygen atoms in total. The SMILES string of the molecule is C=C(C)OC(=O)N1CCN(c2ccc(NC(=O)c3nc(-c4ccccc4)oc3C(F)(F)F)cn2)CC1. The Bertz CT molecular complexity index is 1250. The molecule has 1 aromatic carbocycles. The fourth-order valence-electron chi connectivity index (χ4n) is 3.54. The maximum Gasteiger partial charge on any atom is 0.452 e. The summed E-state index contributed by atoms with van der Waals surface area (Å²) in [6, 6.07) is 11.1. The van der Waals surface area contributed by atoms with Gasteiger partial charge in [0.15, 0.2) is 5.69 Å². The fourth-order valence-corrected chi connectivity index (χ4v) is 3.54. The van der Waals surface area contributed by atoms with Crippen LogP contribution in [0.25, 0.3) is 11.5 Å². The van der Waals surface area contributed by atoms with Crippen molar-refractivity contribution in [1.82, 2.24) is 14.9 Å². The van der Waals surface area contributed by atoms with Gasteiger partial charge in [-0.2, -0.15) is 13.2 Å². The summed E-state index contributed by atoms with van der Waals surface area (Å²) in [6.45, 7) is 6.98. The van der Waals surface area contributed by atoms with E-state index in [1.165, 1.54) is 24.4 Å².